The fourth-order valence-electron chi connectivity index (χ4n) is 1.69. The van der Waals surface area contributed by atoms with Crippen LogP contribution in [0.3, 0.4) is 0 Å². The molecular weight excluding hydrogens is 210 g/mol. The van der Waals surface area contributed by atoms with Crippen molar-refractivity contribution in [2.24, 2.45) is 0 Å². The van der Waals surface area contributed by atoms with Crippen LogP contribution in [0.15, 0.2) is 55.6 Å². The number of benzene rings is 1. The maximum Gasteiger partial charge on any atom is 0.0808 e. The zero-order valence-electron chi connectivity index (χ0n) is 10.2. The van der Waals surface area contributed by atoms with Gasteiger partial charge >= 0.3 is 0 Å². The molecule has 0 aliphatic heterocycles. The minimum absolute atomic E-state index is 0.130. The third kappa shape index (κ3) is 4.98. The van der Waals surface area contributed by atoms with Gasteiger partial charge in [-0.25, -0.2) is 0 Å². The Morgan fingerprint density at radius 3 is 2.53 bits per heavy atom. The molecule has 0 bridgehead atoms. The summed E-state index contributed by atoms with van der Waals surface area (Å²) < 4.78 is 0. The smallest absolute Gasteiger partial charge is 0.0808 e. The highest BCUT2D eigenvalue weighted by molar-refractivity contribution is 5.17. The lowest BCUT2D eigenvalue weighted by atomic mass is 10.0. The van der Waals surface area contributed by atoms with Crippen LogP contribution in [0, 0.1) is 0 Å². The third-order valence-electron chi connectivity index (χ3n) is 2.70. The average molecular weight is 231 g/mol. The van der Waals surface area contributed by atoms with Crippen molar-refractivity contribution in [1.82, 2.24) is 5.32 Å². The molecule has 0 heterocycles. The monoisotopic (exact) mass is 231 g/mol. The number of nitrogens with one attached hydrogen (secondary N) is 1. The van der Waals surface area contributed by atoms with Crippen molar-refractivity contribution in [2.45, 2.75) is 25.0 Å². The summed E-state index contributed by atoms with van der Waals surface area (Å²) in [5.41, 5.74) is 0.949. The fourth-order valence-corrected chi connectivity index (χ4v) is 1.69. The number of rotatable bonds is 8. The lowest BCUT2D eigenvalue weighted by molar-refractivity contribution is 0.158. The molecule has 0 spiro atoms. The van der Waals surface area contributed by atoms with Gasteiger partial charge in [-0.3, -0.25) is 0 Å². The minimum atomic E-state index is -0.449. The fraction of sp³-hybridized carbons (Fsp3) is 0.333. The Morgan fingerprint density at radius 1 is 1.24 bits per heavy atom. The van der Waals surface area contributed by atoms with Gasteiger partial charge in [0.15, 0.2) is 0 Å². The van der Waals surface area contributed by atoms with Gasteiger partial charge in [-0.1, -0.05) is 42.5 Å². The normalized spacial score (nSPS) is 13.9. The highest BCUT2D eigenvalue weighted by atomic mass is 16.3. The van der Waals surface area contributed by atoms with Crippen molar-refractivity contribution < 1.29 is 5.11 Å². The van der Waals surface area contributed by atoms with E-state index in [4.69, 9.17) is 0 Å². The molecule has 2 heteroatoms. The molecule has 2 atom stereocenters. The van der Waals surface area contributed by atoms with Crippen LogP contribution >= 0.6 is 0 Å². The molecule has 0 saturated carbocycles. The van der Waals surface area contributed by atoms with Crippen LogP contribution in [0.2, 0.25) is 0 Å². The second-order valence-electron chi connectivity index (χ2n) is 4.04. The molecule has 0 unspecified atom stereocenters. The number of aliphatic hydroxyl groups excluding tert-OH is 1. The summed E-state index contributed by atoms with van der Waals surface area (Å²) in [6.07, 6.45) is 4.84. The van der Waals surface area contributed by atoms with Crippen molar-refractivity contribution in [3.8, 4) is 0 Å². The Labute approximate surface area is 104 Å². The summed E-state index contributed by atoms with van der Waals surface area (Å²) in [5.74, 6) is 0. The van der Waals surface area contributed by atoms with Crippen LogP contribution in [0.5, 0.6) is 0 Å². The van der Waals surface area contributed by atoms with E-state index in [0.717, 1.165) is 18.5 Å². The molecule has 0 saturated heterocycles. The predicted octanol–water partition coefficient (Wildman–Crippen LogP) is 2.83. The Balaban J connectivity index is 2.45. The van der Waals surface area contributed by atoms with Crippen molar-refractivity contribution in [3.05, 3.63) is 61.2 Å². The number of hydrogen-bond donors (Lipinski definition) is 2. The van der Waals surface area contributed by atoms with Crippen molar-refractivity contribution in [3.63, 3.8) is 0 Å². The topological polar surface area (TPSA) is 32.3 Å². The third-order valence-corrected chi connectivity index (χ3v) is 2.70. The number of hydrogen-bond acceptors (Lipinski definition) is 2. The summed E-state index contributed by atoms with van der Waals surface area (Å²) in [6, 6.07) is 9.83. The first-order valence-electron chi connectivity index (χ1n) is 5.97. The first-order valence-corrected chi connectivity index (χ1v) is 5.97. The quantitative estimate of drug-likeness (QED) is 0.532. The molecule has 92 valence electrons. The summed E-state index contributed by atoms with van der Waals surface area (Å²) in [7, 11) is 0. The van der Waals surface area contributed by atoms with Crippen LogP contribution < -0.4 is 5.32 Å². The second kappa shape index (κ2) is 7.82. The molecule has 17 heavy (non-hydrogen) atoms. The Hall–Kier alpha value is -1.38. The Bertz CT molecular complexity index is 334. The highest BCUT2D eigenvalue weighted by Crippen LogP contribution is 2.18. The molecule has 1 aromatic carbocycles. The highest BCUT2D eigenvalue weighted by Gasteiger charge is 2.12. The summed E-state index contributed by atoms with van der Waals surface area (Å²) in [4.78, 5) is 0. The average Bonchev–Trinajstić information content (AvgIpc) is 2.38. The summed E-state index contributed by atoms with van der Waals surface area (Å²) >= 11 is 0. The van der Waals surface area contributed by atoms with Crippen LogP contribution in [0.1, 0.15) is 24.5 Å². The van der Waals surface area contributed by atoms with E-state index >= 15 is 0 Å². The maximum atomic E-state index is 10.1. The van der Waals surface area contributed by atoms with E-state index in [9.17, 15) is 5.11 Å². The molecule has 2 N–H and O–H groups in total. The van der Waals surface area contributed by atoms with Crippen molar-refractivity contribution in [2.75, 3.05) is 6.54 Å². The van der Waals surface area contributed by atoms with E-state index < -0.39 is 6.10 Å². The lowest BCUT2D eigenvalue weighted by Crippen LogP contribution is -2.29. The summed E-state index contributed by atoms with van der Waals surface area (Å²) in [5, 5.41) is 13.4. The molecule has 0 aromatic heterocycles. The van der Waals surface area contributed by atoms with E-state index in [1.165, 1.54) is 0 Å². The molecule has 0 aliphatic rings. The van der Waals surface area contributed by atoms with Gasteiger partial charge in [0, 0.05) is 6.04 Å². The SMILES string of the molecule is C=CCCN[C@@H](C=C)C[C@H](O)c1ccccc1. The Morgan fingerprint density at radius 2 is 1.94 bits per heavy atom. The number of aliphatic hydroxyl groups is 1. The molecule has 1 rings (SSSR count). The first kappa shape index (κ1) is 13.7. The minimum Gasteiger partial charge on any atom is -0.388 e. The van der Waals surface area contributed by atoms with E-state index in [-0.39, 0.29) is 6.04 Å². The van der Waals surface area contributed by atoms with Gasteiger partial charge in [-0.15, -0.1) is 13.2 Å². The maximum absolute atomic E-state index is 10.1. The van der Waals surface area contributed by atoms with Gasteiger partial charge in [-0.2, -0.15) is 0 Å². The largest absolute Gasteiger partial charge is 0.388 e. The Kier molecular flexibility index (Phi) is 6.30. The van der Waals surface area contributed by atoms with Crippen LogP contribution in [0.4, 0.5) is 0 Å². The van der Waals surface area contributed by atoms with Crippen molar-refractivity contribution >= 4 is 0 Å². The second-order valence-corrected chi connectivity index (χ2v) is 4.04. The standard InChI is InChI=1S/C15H21NO/c1-3-5-11-16-14(4-2)12-15(17)13-9-7-6-8-10-13/h3-4,6-10,14-17H,1-2,5,11-12H2/t14-,15-/m0/s1. The summed E-state index contributed by atoms with van der Waals surface area (Å²) in [6.45, 7) is 8.33. The van der Waals surface area contributed by atoms with Crippen LogP contribution in [0.25, 0.3) is 0 Å². The lowest BCUT2D eigenvalue weighted by Gasteiger charge is -2.18. The van der Waals surface area contributed by atoms with Gasteiger partial charge < -0.3 is 10.4 Å². The molecular formula is C15H21NO. The molecule has 0 amide bonds. The van der Waals surface area contributed by atoms with Crippen LogP contribution in [-0.4, -0.2) is 17.7 Å². The van der Waals surface area contributed by atoms with Gasteiger partial charge in [0.25, 0.3) is 0 Å². The molecule has 0 aliphatic carbocycles. The first-order chi connectivity index (χ1) is 8.27. The molecule has 0 radical (unpaired) electrons. The van der Waals surface area contributed by atoms with Gasteiger partial charge in [0.2, 0.25) is 0 Å². The molecule has 0 fully saturated rings. The van der Waals surface area contributed by atoms with E-state index in [2.05, 4.69) is 18.5 Å². The van der Waals surface area contributed by atoms with E-state index in [0.29, 0.717) is 6.42 Å². The van der Waals surface area contributed by atoms with Crippen LogP contribution in [-0.2, 0) is 0 Å². The van der Waals surface area contributed by atoms with Crippen molar-refractivity contribution in [1.29, 1.82) is 0 Å². The zero-order chi connectivity index (χ0) is 12.5. The predicted molar refractivity (Wildman–Crippen MR) is 72.8 cm³/mol. The molecule has 2 nitrogen and oxygen atoms in total. The van der Waals surface area contributed by atoms with Gasteiger partial charge in [0.05, 0.1) is 6.10 Å². The van der Waals surface area contributed by atoms with Gasteiger partial charge in [0.1, 0.15) is 0 Å². The zero-order valence-corrected chi connectivity index (χ0v) is 10.2. The van der Waals surface area contributed by atoms with E-state index in [1.807, 2.05) is 42.5 Å². The molecule has 1 aromatic rings. The van der Waals surface area contributed by atoms with Gasteiger partial charge in [-0.05, 0) is 24.9 Å². The van der Waals surface area contributed by atoms with E-state index in [1.54, 1.807) is 0 Å².